The Morgan fingerprint density at radius 2 is 2.33 bits per heavy atom. The Balaban J connectivity index is 1.76. The van der Waals surface area contributed by atoms with Crippen LogP contribution in [0.2, 0.25) is 0 Å². The number of furan rings is 1. The molecule has 0 aromatic carbocycles. The fourth-order valence-electron chi connectivity index (χ4n) is 1.91. The maximum atomic E-state index is 11.8. The highest BCUT2D eigenvalue weighted by Gasteiger charge is 2.11. The molecule has 0 aliphatic carbocycles. The Hall–Kier alpha value is -2.57. The molecule has 112 valence electrons. The van der Waals surface area contributed by atoms with Gasteiger partial charge in [-0.2, -0.15) is 5.10 Å². The molecule has 2 N–H and O–H groups in total. The van der Waals surface area contributed by atoms with Gasteiger partial charge in [-0.15, -0.1) is 0 Å². The van der Waals surface area contributed by atoms with Gasteiger partial charge < -0.3 is 14.8 Å². The summed E-state index contributed by atoms with van der Waals surface area (Å²) in [6, 6.07) is 3.72. The van der Waals surface area contributed by atoms with Crippen molar-refractivity contribution in [2.45, 2.75) is 32.4 Å². The van der Waals surface area contributed by atoms with E-state index >= 15 is 0 Å². The molecule has 0 saturated carbocycles. The van der Waals surface area contributed by atoms with Crippen molar-refractivity contribution < 1.29 is 19.1 Å². The second-order valence-corrected chi connectivity index (χ2v) is 4.82. The monoisotopic (exact) mass is 291 g/mol. The Labute approximate surface area is 121 Å². The van der Waals surface area contributed by atoms with E-state index in [-0.39, 0.29) is 24.1 Å². The van der Waals surface area contributed by atoms with Crippen molar-refractivity contribution in [3.8, 4) is 0 Å². The number of nitrogens with one attached hydrogen (secondary N) is 1. The number of carbonyl (C=O) groups is 2. The summed E-state index contributed by atoms with van der Waals surface area (Å²) >= 11 is 0. The van der Waals surface area contributed by atoms with Crippen LogP contribution in [0.15, 0.2) is 35.2 Å². The molecule has 21 heavy (non-hydrogen) atoms. The highest BCUT2D eigenvalue weighted by atomic mass is 16.4. The van der Waals surface area contributed by atoms with Crippen molar-refractivity contribution in [2.24, 2.45) is 0 Å². The van der Waals surface area contributed by atoms with E-state index in [2.05, 4.69) is 10.4 Å². The molecule has 0 aliphatic heterocycles. The molecule has 2 aromatic rings. The van der Waals surface area contributed by atoms with Gasteiger partial charge in [0.05, 0.1) is 18.0 Å². The molecule has 7 heteroatoms. The largest absolute Gasteiger partial charge is 0.478 e. The number of carboxylic acids is 1. The van der Waals surface area contributed by atoms with Crippen LogP contribution in [0.4, 0.5) is 0 Å². The van der Waals surface area contributed by atoms with E-state index in [1.807, 2.05) is 19.1 Å². The van der Waals surface area contributed by atoms with Gasteiger partial charge in [-0.1, -0.05) is 0 Å². The normalized spacial score (nSPS) is 12.0. The number of aromatic carboxylic acids is 1. The second-order valence-electron chi connectivity index (χ2n) is 4.82. The highest BCUT2D eigenvalue weighted by Crippen LogP contribution is 2.05. The molecule has 2 heterocycles. The number of hydrogen-bond acceptors (Lipinski definition) is 4. The molecular weight excluding hydrogens is 274 g/mol. The summed E-state index contributed by atoms with van der Waals surface area (Å²) in [7, 11) is 0. The Bertz CT molecular complexity index is 604. The standard InChI is InChI=1S/C14H17N3O4/c1-10(4-5-12-3-2-6-21-12)16-13(18)9-17-8-11(7-15-17)14(19)20/h2-3,6-8,10H,4-5,9H2,1H3,(H,16,18)(H,19,20). The molecule has 0 bridgehead atoms. The van der Waals surface area contributed by atoms with Gasteiger partial charge in [0.2, 0.25) is 5.91 Å². The van der Waals surface area contributed by atoms with Crippen molar-refractivity contribution in [3.63, 3.8) is 0 Å². The zero-order valence-corrected chi connectivity index (χ0v) is 11.7. The summed E-state index contributed by atoms with van der Waals surface area (Å²) in [5.74, 6) is -0.385. The fraction of sp³-hybridized carbons (Fsp3) is 0.357. The Kier molecular flexibility index (Phi) is 4.76. The number of aryl methyl sites for hydroxylation is 1. The molecule has 1 unspecified atom stereocenters. The SMILES string of the molecule is CC(CCc1ccco1)NC(=O)Cn1cc(C(=O)O)cn1. The van der Waals surface area contributed by atoms with E-state index in [9.17, 15) is 9.59 Å². The first kappa shape index (κ1) is 14.8. The van der Waals surface area contributed by atoms with Crippen LogP contribution in [0.1, 0.15) is 29.5 Å². The quantitative estimate of drug-likeness (QED) is 0.801. The first-order chi connectivity index (χ1) is 10.0. The first-order valence-corrected chi connectivity index (χ1v) is 6.62. The minimum absolute atomic E-state index is 0.00162. The van der Waals surface area contributed by atoms with Crippen molar-refractivity contribution >= 4 is 11.9 Å². The van der Waals surface area contributed by atoms with Gasteiger partial charge in [0.15, 0.2) is 0 Å². The van der Waals surface area contributed by atoms with Crippen LogP contribution in [-0.2, 0) is 17.8 Å². The fourth-order valence-corrected chi connectivity index (χ4v) is 1.91. The lowest BCUT2D eigenvalue weighted by atomic mass is 10.1. The van der Waals surface area contributed by atoms with E-state index < -0.39 is 5.97 Å². The highest BCUT2D eigenvalue weighted by molar-refractivity contribution is 5.87. The molecule has 1 amide bonds. The van der Waals surface area contributed by atoms with Gasteiger partial charge in [0.25, 0.3) is 0 Å². The summed E-state index contributed by atoms with van der Waals surface area (Å²) in [5, 5.41) is 15.4. The van der Waals surface area contributed by atoms with Crippen LogP contribution < -0.4 is 5.32 Å². The molecule has 0 radical (unpaired) electrons. The van der Waals surface area contributed by atoms with Crippen LogP contribution in [0.25, 0.3) is 0 Å². The third-order valence-electron chi connectivity index (χ3n) is 3.00. The van der Waals surface area contributed by atoms with Gasteiger partial charge in [-0.25, -0.2) is 4.79 Å². The lowest BCUT2D eigenvalue weighted by Gasteiger charge is -2.13. The number of aromatic nitrogens is 2. The lowest BCUT2D eigenvalue weighted by Crippen LogP contribution is -2.35. The van der Waals surface area contributed by atoms with Crippen molar-refractivity contribution in [1.29, 1.82) is 0 Å². The summed E-state index contributed by atoms with van der Waals surface area (Å²) in [6.07, 6.45) is 5.68. The molecule has 7 nitrogen and oxygen atoms in total. The third-order valence-corrected chi connectivity index (χ3v) is 3.00. The molecule has 0 saturated heterocycles. The lowest BCUT2D eigenvalue weighted by molar-refractivity contribution is -0.122. The maximum Gasteiger partial charge on any atom is 0.338 e. The van der Waals surface area contributed by atoms with Gasteiger partial charge in [-0.3, -0.25) is 9.48 Å². The zero-order valence-electron chi connectivity index (χ0n) is 11.7. The Morgan fingerprint density at radius 3 is 2.95 bits per heavy atom. The smallest absolute Gasteiger partial charge is 0.338 e. The Morgan fingerprint density at radius 1 is 1.52 bits per heavy atom. The number of nitrogens with zero attached hydrogens (tertiary/aromatic N) is 2. The van der Waals surface area contributed by atoms with Crippen LogP contribution in [0.5, 0.6) is 0 Å². The third kappa shape index (κ3) is 4.48. The van der Waals surface area contributed by atoms with Crippen LogP contribution in [-0.4, -0.2) is 32.8 Å². The summed E-state index contributed by atoms with van der Waals surface area (Å²) < 4.78 is 6.53. The summed E-state index contributed by atoms with van der Waals surface area (Å²) in [4.78, 5) is 22.5. The second kappa shape index (κ2) is 6.74. The summed E-state index contributed by atoms with van der Waals surface area (Å²) in [6.45, 7) is 1.91. The molecule has 0 spiro atoms. The van der Waals surface area contributed by atoms with Gasteiger partial charge in [0.1, 0.15) is 12.3 Å². The zero-order chi connectivity index (χ0) is 15.2. The number of carbonyl (C=O) groups excluding carboxylic acids is 1. The van der Waals surface area contributed by atoms with Crippen molar-refractivity contribution in [1.82, 2.24) is 15.1 Å². The number of carboxylic acid groups (broad SMARTS) is 1. The maximum absolute atomic E-state index is 11.8. The number of amides is 1. The summed E-state index contributed by atoms with van der Waals surface area (Å²) in [5.41, 5.74) is 0.0636. The number of rotatable bonds is 7. The molecule has 0 aliphatic rings. The predicted octanol–water partition coefficient (Wildman–Crippen LogP) is 1.31. The van der Waals surface area contributed by atoms with Gasteiger partial charge in [0, 0.05) is 18.7 Å². The van der Waals surface area contributed by atoms with Crippen molar-refractivity contribution in [3.05, 3.63) is 42.1 Å². The van der Waals surface area contributed by atoms with Crippen LogP contribution in [0, 0.1) is 0 Å². The van der Waals surface area contributed by atoms with Crippen LogP contribution >= 0.6 is 0 Å². The number of hydrogen-bond donors (Lipinski definition) is 2. The van der Waals surface area contributed by atoms with E-state index in [1.54, 1.807) is 6.26 Å². The molecular formula is C14H17N3O4. The van der Waals surface area contributed by atoms with Crippen molar-refractivity contribution in [2.75, 3.05) is 0 Å². The topological polar surface area (TPSA) is 97.4 Å². The van der Waals surface area contributed by atoms with E-state index in [1.165, 1.54) is 17.1 Å². The minimum Gasteiger partial charge on any atom is -0.478 e. The predicted molar refractivity (Wildman–Crippen MR) is 73.8 cm³/mol. The molecule has 2 aromatic heterocycles. The van der Waals surface area contributed by atoms with E-state index in [0.29, 0.717) is 0 Å². The minimum atomic E-state index is -1.06. The average molecular weight is 291 g/mol. The molecule has 2 rings (SSSR count). The van der Waals surface area contributed by atoms with Gasteiger partial charge in [-0.05, 0) is 25.5 Å². The van der Waals surface area contributed by atoms with Crippen LogP contribution in [0.3, 0.4) is 0 Å². The van der Waals surface area contributed by atoms with E-state index in [0.717, 1.165) is 18.6 Å². The van der Waals surface area contributed by atoms with Gasteiger partial charge >= 0.3 is 5.97 Å². The first-order valence-electron chi connectivity index (χ1n) is 6.62. The average Bonchev–Trinajstić information content (AvgIpc) is 3.06. The molecule has 1 atom stereocenters. The molecule has 0 fully saturated rings. The van der Waals surface area contributed by atoms with E-state index in [4.69, 9.17) is 9.52 Å².